The average Bonchev–Trinajstić information content (AvgIpc) is 2.04. The zero-order valence-corrected chi connectivity index (χ0v) is 9.43. The second kappa shape index (κ2) is 6.47. The van der Waals surface area contributed by atoms with Crippen LogP contribution in [0.25, 0.3) is 0 Å². The van der Waals surface area contributed by atoms with E-state index in [2.05, 4.69) is 39.5 Å². The molecule has 0 aromatic rings. The Bertz CT molecular complexity index is 95.2. The maximum Gasteiger partial charge on any atom is 0.00900 e. The summed E-state index contributed by atoms with van der Waals surface area (Å²) in [6.45, 7) is 13.9. The average molecular weight is 171 g/mol. The van der Waals surface area contributed by atoms with Gasteiger partial charge in [0.2, 0.25) is 0 Å². The molecular weight excluding hydrogens is 146 g/mol. The Hall–Kier alpha value is -0.0400. The van der Waals surface area contributed by atoms with E-state index in [1.54, 1.807) is 0 Å². The van der Waals surface area contributed by atoms with Gasteiger partial charge in [0.05, 0.1) is 0 Å². The van der Waals surface area contributed by atoms with Crippen LogP contribution in [-0.4, -0.2) is 24.0 Å². The van der Waals surface area contributed by atoms with Gasteiger partial charge in [-0.25, -0.2) is 0 Å². The summed E-state index contributed by atoms with van der Waals surface area (Å²) in [6.07, 6.45) is 2.58. The molecule has 1 nitrogen and oxygen atoms in total. The number of hydrogen-bond donors (Lipinski definition) is 0. The summed E-state index contributed by atoms with van der Waals surface area (Å²) in [6, 6.07) is 0.803. The SMILES string of the molecule is CCC(CC)N(CC)CC(C)C. The summed E-state index contributed by atoms with van der Waals surface area (Å²) >= 11 is 0. The zero-order valence-electron chi connectivity index (χ0n) is 9.43. The molecule has 0 atom stereocenters. The van der Waals surface area contributed by atoms with Crippen LogP contribution >= 0.6 is 0 Å². The predicted octanol–water partition coefficient (Wildman–Crippen LogP) is 3.15. The van der Waals surface area contributed by atoms with Gasteiger partial charge in [-0.2, -0.15) is 0 Å². The third-order valence-electron chi connectivity index (χ3n) is 2.46. The predicted molar refractivity (Wildman–Crippen MR) is 56.5 cm³/mol. The molecule has 0 N–H and O–H groups in total. The lowest BCUT2D eigenvalue weighted by Gasteiger charge is -2.30. The van der Waals surface area contributed by atoms with E-state index >= 15 is 0 Å². The number of nitrogens with zero attached hydrogens (tertiary/aromatic N) is 1. The molecule has 0 fully saturated rings. The highest BCUT2D eigenvalue weighted by molar-refractivity contribution is 4.68. The van der Waals surface area contributed by atoms with Gasteiger partial charge in [-0.3, -0.25) is 0 Å². The van der Waals surface area contributed by atoms with E-state index in [-0.39, 0.29) is 0 Å². The molecule has 12 heavy (non-hydrogen) atoms. The second-order valence-corrected chi connectivity index (χ2v) is 3.95. The lowest BCUT2D eigenvalue weighted by Crippen LogP contribution is -2.36. The molecule has 0 saturated carbocycles. The first-order valence-electron chi connectivity index (χ1n) is 5.39. The summed E-state index contributed by atoms with van der Waals surface area (Å²) < 4.78 is 0. The van der Waals surface area contributed by atoms with Crippen molar-refractivity contribution < 1.29 is 0 Å². The molecule has 0 aliphatic carbocycles. The van der Waals surface area contributed by atoms with Gasteiger partial charge in [0.15, 0.2) is 0 Å². The molecule has 0 aromatic carbocycles. The van der Waals surface area contributed by atoms with E-state index in [1.807, 2.05) is 0 Å². The Labute approximate surface area is 78.1 Å². The minimum absolute atomic E-state index is 0.797. The Balaban J connectivity index is 3.92. The monoisotopic (exact) mass is 171 g/mol. The Kier molecular flexibility index (Phi) is 6.45. The fourth-order valence-electron chi connectivity index (χ4n) is 1.81. The van der Waals surface area contributed by atoms with Crippen molar-refractivity contribution in [1.29, 1.82) is 0 Å². The van der Waals surface area contributed by atoms with E-state index < -0.39 is 0 Å². The van der Waals surface area contributed by atoms with Gasteiger partial charge in [-0.15, -0.1) is 0 Å². The fourth-order valence-corrected chi connectivity index (χ4v) is 1.81. The Morgan fingerprint density at radius 2 is 1.50 bits per heavy atom. The van der Waals surface area contributed by atoms with Crippen molar-refractivity contribution in [3.8, 4) is 0 Å². The summed E-state index contributed by atoms with van der Waals surface area (Å²) in [5, 5.41) is 0. The van der Waals surface area contributed by atoms with Crippen LogP contribution in [0, 0.1) is 5.92 Å². The zero-order chi connectivity index (χ0) is 9.56. The fraction of sp³-hybridized carbons (Fsp3) is 1.00. The quantitative estimate of drug-likeness (QED) is 0.593. The standard InChI is InChI=1S/C11H25N/c1-6-11(7-2)12(8-3)9-10(4)5/h10-11H,6-9H2,1-5H3. The lowest BCUT2D eigenvalue weighted by molar-refractivity contribution is 0.175. The van der Waals surface area contributed by atoms with Crippen LogP contribution < -0.4 is 0 Å². The molecule has 0 rings (SSSR count). The Morgan fingerprint density at radius 3 is 1.75 bits per heavy atom. The molecule has 0 saturated heterocycles. The van der Waals surface area contributed by atoms with Gasteiger partial charge >= 0.3 is 0 Å². The largest absolute Gasteiger partial charge is 0.300 e. The van der Waals surface area contributed by atoms with Gasteiger partial charge in [-0.05, 0) is 25.3 Å². The van der Waals surface area contributed by atoms with E-state index in [0.717, 1.165) is 12.0 Å². The first-order chi connectivity index (χ1) is 5.65. The number of hydrogen-bond acceptors (Lipinski definition) is 1. The van der Waals surface area contributed by atoms with Crippen LogP contribution in [0.5, 0.6) is 0 Å². The minimum Gasteiger partial charge on any atom is -0.300 e. The molecule has 1 heteroatoms. The molecule has 0 amide bonds. The smallest absolute Gasteiger partial charge is 0.00900 e. The molecule has 0 bridgehead atoms. The third-order valence-corrected chi connectivity index (χ3v) is 2.46. The second-order valence-electron chi connectivity index (χ2n) is 3.95. The summed E-state index contributed by atoms with van der Waals surface area (Å²) in [7, 11) is 0. The third kappa shape index (κ3) is 4.10. The first kappa shape index (κ1) is 12.0. The van der Waals surface area contributed by atoms with E-state index in [4.69, 9.17) is 0 Å². The Morgan fingerprint density at radius 1 is 1.00 bits per heavy atom. The summed E-state index contributed by atoms with van der Waals surface area (Å²) in [4.78, 5) is 2.60. The molecule has 0 aromatic heterocycles. The van der Waals surface area contributed by atoms with Gasteiger partial charge < -0.3 is 4.90 Å². The highest BCUT2D eigenvalue weighted by Crippen LogP contribution is 2.10. The van der Waals surface area contributed by atoms with Gasteiger partial charge in [0.25, 0.3) is 0 Å². The minimum atomic E-state index is 0.797. The topological polar surface area (TPSA) is 3.24 Å². The highest BCUT2D eigenvalue weighted by atomic mass is 15.1. The maximum absolute atomic E-state index is 2.60. The van der Waals surface area contributed by atoms with E-state index in [9.17, 15) is 0 Å². The molecule has 0 aliphatic rings. The van der Waals surface area contributed by atoms with Gasteiger partial charge in [0, 0.05) is 12.6 Å². The van der Waals surface area contributed by atoms with Crippen LogP contribution in [0.2, 0.25) is 0 Å². The van der Waals surface area contributed by atoms with Crippen molar-refractivity contribution in [3.63, 3.8) is 0 Å². The maximum atomic E-state index is 2.60. The van der Waals surface area contributed by atoms with Gasteiger partial charge in [0.1, 0.15) is 0 Å². The van der Waals surface area contributed by atoms with Crippen molar-refractivity contribution in [2.45, 2.75) is 53.5 Å². The van der Waals surface area contributed by atoms with Crippen LogP contribution in [0.3, 0.4) is 0 Å². The van der Waals surface area contributed by atoms with Crippen molar-refractivity contribution in [3.05, 3.63) is 0 Å². The first-order valence-corrected chi connectivity index (χ1v) is 5.39. The van der Waals surface area contributed by atoms with E-state index in [1.165, 1.54) is 25.9 Å². The van der Waals surface area contributed by atoms with E-state index in [0.29, 0.717) is 0 Å². The van der Waals surface area contributed by atoms with Crippen LogP contribution in [0.1, 0.15) is 47.5 Å². The molecule has 0 radical (unpaired) electrons. The van der Waals surface area contributed by atoms with Crippen molar-refractivity contribution in [2.75, 3.05) is 13.1 Å². The molecular formula is C11H25N. The molecule has 0 unspecified atom stereocenters. The van der Waals surface area contributed by atoms with Crippen molar-refractivity contribution >= 4 is 0 Å². The summed E-state index contributed by atoms with van der Waals surface area (Å²) in [5.74, 6) is 0.797. The molecule has 0 heterocycles. The van der Waals surface area contributed by atoms with Crippen LogP contribution in [0.15, 0.2) is 0 Å². The van der Waals surface area contributed by atoms with Crippen molar-refractivity contribution in [2.24, 2.45) is 5.92 Å². The molecule has 0 spiro atoms. The number of rotatable bonds is 6. The summed E-state index contributed by atoms with van der Waals surface area (Å²) in [5.41, 5.74) is 0. The molecule has 74 valence electrons. The van der Waals surface area contributed by atoms with Gasteiger partial charge in [-0.1, -0.05) is 34.6 Å². The normalized spacial score (nSPS) is 12.0. The van der Waals surface area contributed by atoms with Crippen molar-refractivity contribution in [1.82, 2.24) is 4.90 Å². The van der Waals surface area contributed by atoms with Crippen LogP contribution in [0.4, 0.5) is 0 Å². The molecule has 0 aliphatic heterocycles. The lowest BCUT2D eigenvalue weighted by atomic mass is 10.1. The van der Waals surface area contributed by atoms with Crippen LogP contribution in [-0.2, 0) is 0 Å². The highest BCUT2D eigenvalue weighted by Gasteiger charge is 2.13.